The van der Waals surface area contributed by atoms with Crippen molar-refractivity contribution in [3.63, 3.8) is 0 Å². The van der Waals surface area contributed by atoms with Crippen LogP contribution in [0.4, 0.5) is 0 Å². The van der Waals surface area contributed by atoms with Crippen LogP contribution in [-0.4, -0.2) is 151 Å². The van der Waals surface area contributed by atoms with Gasteiger partial charge in [0.05, 0.1) is 12.6 Å². The lowest BCUT2D eigenvalue weighted by atomic mass is 10.00. The van der Waals surface area contributed by atoms with Crippen LogP contribution in [0.15, 0.2) is 40.3 Å². The zero-order valence-electron chi connectivity index (χ0n) is 37.6. The molecule has 26 heteroatoms. The Morgan fingerprint density at radius 3 is 1.62 bits per heavy atom. The number of nitrogens with zero attached hydrogens (tertiary/aromatic N) is 2. The highest BCUT2D eigenvalue weighted by Crippen LogP contribution is 2.11. The number of aliphatic hydroxyl groups excluding tert-OH is 1. The molecule has 1 heterocycles. The summed E-state index contributed by atoms with van der Waals surface area (Å²) in [6.45, 7) is 3.65. The Morgan fingerprint density at radius 1 is 0.667 bits per heavy atom. The lowest BCUT2D eigenvalue weighted by molar-refractivity contribution is -0.136. The van der Waals surface area contributed by atoms with Crippen LogP contribution in [0.1, 0.15) is 58.4 Å². The molecule has 0 aromatic heterocycles. The number of hydrogen-bond donors (Lipinski definition) is 16. The van der Waals surface area contributed by atoms with E-state index < -0.39 is 120 Å². The van der Waals surface area contributed by atoms with Crippen molar-refractivity contribution >= 4 is 59.2 Å². The zero-order valence-corrected chi connectivity index (χ0v) is 37.6. The maximum absolute atomic E-state index is 14.2. The molecule has 368 valence electrons. The van der Waals surface area contributed by atoms with E-state index in [0.29, 0.717) is 5.56 Å². The second-order valence-electron chi connectivity index (χ2n) is 16.1. The molecule has 1 aliphatic heterocycles. The number of benzene rings is 1. The molecule has 0 saturated carbocycles. The average Bonchev–Trinajstić information content (AvgIpc) is 3.24. The van der Waals surface area contributed by atoms with Crippen LogP contribution in [-0.2, 0) is 44.8 Å². The Kier molecular flexibility index (Phi) is 23.8. The van der Waals surface area contributed by atoms with Crippen LogP contribution in [0.3, 0.4) is 0 Å². The molecule has 0 radical (unpaired) electrons. The van der Waals surface area contributed by atoms with E-state index in [-0.39, 0.29) is 70.6 Å². The first-order valence-electron chi connectivity index (χ1n) is 21.6. The van der Waals surface area contributed by atoms with Crippen LogP contribution in [0.5, 0.6) is 0 Å². The third-order valence-electron chi connectivity index (χ3n) is 10.0. The van der Waals surface area contributed by atoms with Crippen LogP contribution in [0, 0.1) is 5.92 Å². The van der Waals surface area contributed by atoms with E-state index in [1.54, 1.807) is 44.2 Å². The van der Waals surface area contributed by atoms with Crippen molar-refractivity contribution in [3.05, 3.63) is 35.9 Å². The van der Waals surface area contributed by atoms with Crippen molar-refractivity contribution in [2.45, 2.75) is 114 Å². The van der Waals surface area contributed by atoms with Gasteiger partial charge in [-0.15, -0.1) is 0 Å². The number of rotatable bonds is 16. The molecule has 1 aromatic rings. The normalized spacial score (nSPS) is 24.1. The summed E-state index contributed by atoms with van der Waals surface area (Å²) in [7, 11) is 0. The highest BCUT2D eigenvalue weighted by Gasteiger charge is 2.36. The van der Waals surface area contributed by atoms with E-state index in [1.165, 1.54) is 6.92 Å². The third kappa shape index (κ3) is 19.2. The Balaban J connectivity index is 2.75. The second kappa shape index (κ2) is 28.3. The minimum atomic E-state index is -1.62. The number of carbonyl (C=O) groups is 8. The molecule has 0 spiro atoms. The van der Waals surface area contributed by atoms with Crippen molar-refractivity contribution in [2.75, 3.05) is 32.7 Å². The number of hydrogen-bond acceptors (Lipinski definition) is 14. The fourth-order valence-electron chi connectivity index (χ4n) is 6.63. The number of amides is 8. The van der Waals surface area contributed by atoms with Crippen molar-refractivity contribution in [2.24, 2.45) is 56.0 Å². The highest BCUT2D eigenvalue weighted by molar-refractivity contribution is 5.98. The lowest BCUT2D eigenvalue weighted by Crippen LogP contribution is -2.61. The summed E-state index contributed by atoms with van der Waals surface area (Å²) in [5.41, 5.74) is 40.1. The quantitative estimate of drug-likeness (QED) is 0.0541. The van der Waals surface area contributed by atoms with Gasteiger partial charge in [-0.2, -0.15) is 0 Å². The number of nitrogens with two attached hydrogens (primary N) is 7. The minimum Gasteiger partial charge on any atom is -0.391 e. The number of aliphatic imine (C=N–C) groups is 2. The molecule has 66 heavy (non-hydrogen) atoms. The van der Waals surface area contributed by atoms with Crippen molar-refractivity contribution < 1.29 is 43.5 Å². The van der Waals surface area contributed by atoms with E-state index in [9.17, 15) is 43.5 Å². The molecule has 1 saturated heterocycles. The fraction of sp³-hybridized carbons (Fsp3) is 0.600. The summed E-state index contributed by atoms with van der Waals surface area (Å²) in [6.07, 6.45) is -2.27. The number of aliphatic hydroxyl groups is 1. The molecular formula is C40H69N17O9. The van der Waals surface area contributed by atoms with Crippen LogP contribution >= 0.6 is 0 Å². The molecular weight excluding hydrogens is 863 g/mol. The maximum Gasteiger partial charge on any atom is 0.247 e. The van der Waals surface area contributed by atoms with E-state index in [2.05, 4.69) is 52.5 Å². The summed E-state index contributed by atoms with van der Waals surface area (Å²) in [5, 5.41) is 31.1. The van der Waals surface area contributed by atoms with Crippen molar-refractivity contribution in [1.29, 1.82) is 0 Å². The largest absolute Gasteiger partial charge is 0.391 e. The predicted molar refractivity (Wildman–Crippen MR) is 244 cm³/mol. The predicted octanol–water partition coefficient (Wildman–Crippen LogP) is -7.47. The van der Waals surface area contributed by atoms with Gasteiger partial charge >= 0.3 is 0 Å². The molecule has 0 aliphatic carbocycles. The molecule has 23 N–H and O–H groups in total. The molecule has 1 fully saturated rings. The number of guanidine groups is 2. The SMILES string of the molecule is CC(C)C[C@@H]1NC(=O)[C@@H](Cc2ccccc2)NC(=O)[C@H](CCN)NC(=O)[C@@H](NC(=O)[C@H](CN=C(N)N)N=C(N)N)CCNC(=O)[C@H]([C@@H](C)O)NC(=O)[C@H](CCN)NC(=O)[C@H](CCN)NC1=O. The molecule has 8 amide bonds. The highest BCUT2D eigenvalue weighted by atomic mass is 16.3. The van der Waals surface area contributed by atoms with Gasteiger partial charge in [-0.1, -0.05) is 44.2 Å². The summed E-state index contributed by atoms with van der Waals surface area (Å²) < 4.78 is 0. The van der Waals surface area contributed by atoms with Gasteiger partial charge in [0, 0.05) is 13.0 Å². The van der Waals surface area contributed by atoms with Gasteiger partial charge in [-0.05, 0) is 70.1 Å². The topological polar surface area (TPSA) is 460 Å². The molecule has 2 rings (SSSR count). The summed E-state index contributed by atoms with van der Waals surface area (Å²) in [6, 6.07) is -2.69. The minimum absolute atomic E-state index is 0.0751. The molecule has 0 unspecified atom stereocenters. The molecule has 26 nitrogen and oxygen atoms in total. The van der Waals surface area contributed by atoms with E-state index in [1.807, 2.05) is 0 Å². The summed E-state index contributed by atoms with van der Waals surface area (Å²) in [4.78, 5) is 118. The monoisotopic (exact) mass is 932 g/mol. The van der Waals surface area contributed by atoms with Crippen LogP contribution in [0.25, 0.3) is 0 Å². The smallest absolute Gasteiger partial charge is 0.247 e. The van der Waals surface area contributed by atoms with Gasteiger partial charge in [-0.3, -0.25) is 43.3 Å². The number of nitrogens with one attached hydrogen (secondary N) is 8. The lowest BCUT2D eigenvalue weighted by Gasteiger charge is -2.28. The molecule has 0 bridgehead atoms. The molecule has 1 aliphatic rings. The fourth-order valence-corrected chi connectivity index (χ4v) is 6.63. The van der Waals surface area contributed by atoms with Gasteiger partial charge in [-0.25, -0.2) is 4.99 Å². The van der Waals surface area contributed by atoms with Gasteiger partial charge in [0.2, 0.25) is 47.3 Å². The van der Waals surface area contributed by atoms with Gasteiger partial charge in [0.25, 0.3) is 0 Å². The zero-order chi connectivity index (χ0) is 49.5. The number of carbonyl (C=O) groups excluding carboxylic acids is 8. The van der Waals surface area contributed by atoms with Gasteiger partial charge in [0.15, 0.2) is 18.0 Å². The third-order valence-corrected chi connectivity index (χ3v) is 10.0. The maximum atomic E-state index is 14.2. The van der Waals surface area contributed by atoms with Crippen molar-refractivity contribution in [3.8, 4) is 0 Å². The Labute approximate surface area is 382 Å². The van der Waals surface area contributed by atoms with Crippen molar-refractivity contribution in [1.82, 2.24) is 42.5 Å². The van der Waals surface area contributed by atoms with E-state index in [4.69, 9.17) is 40.1 Å². The van der Waals surface area contributed by atoms with Gasteiger partial charge in [0.1, 0.15) is 42.3 Å². The molecule has 9 atom stereocenters. The average molecular weight is 932 g/mol. The van der Waals surface area contributed by atoms with E-state index >= 15 is 0 Å². The molecule has 1 aromatic carbocycles. The first-order chi connectivity index (χ1) is 31.2. The van der Waals surface area contributed by atoms with Gasteiger partial charge < -0.3 is 87.8 Å². The Morgan fingerprint density at radius 2 is 1.14 bits per heavy atom. The Bertz CT molecular complexity index is 1860. The first kappa shape index (κ1) is 55.5. The first-order valence-corrected chi connectivity index (χ1v) is 21.6. The van der Waals surface area contributed by atoms with E-state index in [0.717, 1.165) is 0 Å². The summed E-state index contributed by atoms with van der Waals surface area (Å²) in [5.74, 6) is -8.11. The summed E-state index contributed by atoms with van der Waals surface area (Å²) >= 11 is 0. The second-order valence-corrected chi connectivity index (χ2v) is 16.1. The van der Waals surface area contributed by atoms with Crippen LogP contribution in [0.2, 0.25) is 0 Å². The Hall–Kier alpha value is -6.64. The van der Waals surface area contributed by atoms with Crippen LogP contribution < -0.4 is 82.7 Å². The standard InChI is InChI=1S/C40H69N17O9/c1-20(2)17-27-35(63)52-23(9-13-41)31(59)51-25(11-15-43)34(62)57-30(21(3)58)38(66)48-16-12-26(53-37(65)29(56-40(46)47)19-49-39(44)45)33(61)50-24(10-14-42)32(60)55-28(36(64)54-27)18-22-7-5-4-6-8-22/h4-8,20-21,23-30,58H,9-19,41-43H2,1-3H3,(H,48,66)(H,50,61)(H,51,59)(H,52,63)(H,53,65)(H,54,64)(H,55,60)(H,57,62)(H4,44,45,49)(H4,46,47,56)/t21-,23+,24+,25+,26+,27+,28-,29+,30+/m1/s1.